The van der Waals surface area contributed by atoms with Gasteiger partial charge in [0.15, 0.2) is 0 Å². The van der Waals surface area contributed by atoms with Crippen LogP contribution in [-0.4, -0.2) is 17.5 Å². The molecule has 0 fully saturated rings. The smallest absolute Gasteiger partial charge is 0.234 e. The fraction of sp³-hybridized carbons (Fsp3) is 0.400. The summed E-state index contributed by atoms with van der Waals surface area (Å²) in [5, 5.41) is 7.63. The van der Waals surface area contributed by atoms with Gasteiger partial charge in [-0.25, -0.2) is 0 Å². The van der Waals surface area contributed by atoms with E-state index in [1.807, 2.05) is 26.0 Å². The summed E-state index contributed by atoms with van der Waals surface area (Å²) in [5.41, 5.74) is 4.32. The number of thioether (sulfide) groups is 1. The number of rotatable bonds is 6. The molecule has 0 saturated heterocycles. The lowest BCUT2D eigenvalue weighted by molar-refractivity contribution is -0.113. The van der Waals surface area contributed by atoms with Crippen LogP contribution in [0.1, 0.15) is 47.2 Å². The van der Waals surface area contributed by atoms with Crippen LogP contribution in [0.15, 0.2) is 29.3 Å². The standard InChI is InChI=1S/C20H25N3OS2/c1-5-14-10-15-19(22-17(6-2)23-20(15)26-14)25-11-18(24)21-16-9-12(3)7-8-13(16)4/h7-10,19H,5-6,11H2,1-4H3,(H,21,24)(H,22,23). The first-order chi connectivity index (χ1) is 12.5. The fourth-order valence-electron chi connectivity index (χ4n) is 2.81. The second-order valence-corrected chi connectivity index (χ2v) is 8.64. The molecule has 2 heterocycles. The lowest BCUT2D eigenvalue weighted by Gasteiger charge is -2.21. The van der Waals surface area contributed by atoms with Crippen LogP contribution in [0.3, 0.4) is 0 Å². The summed E-state index contributed by atoms with van der Waals surface area (Å²) in [6.45, 7) is 8.30. The van der Waals surface area contributed by atoms with Gasteiger partial charge in [0.1, 0.15) is 16.2 Å². The summed E-state index contributed by atoms with van der Waals surface area (Å²) in [7, 11) is 0. The van der Waals surface area contributed by atoms with Crippen LogP contribution in [0.5, 0.6) is 0 Å². The van der Waals surface area contributed by atoms with Crippen molar-refractivity contribution in [2.24, 2.45) is 4.99 Å². The predicted molar refractivity (Wildman–Crippen MR) is 115 cm³/mol. The number of amidine groups is 1. The Morgan fingerprint density at radius 1 is 1.27 bits per heavy atom. The van der Waals surface area contributed by atoms with Gasteiger partial charge in [0, 0.05) is 22.5 Å². The molecule has 1 aliphatic rings. The molecule has 0 saturated carbocycles. The number of aryl methyl sites for hydroxylation is 3. The minimum absolute atomic E-state index is 0.0119. The van der Waals surface area contributed by atoms with Gasteiger partial charge in [0.2, 0.25) is 5.91 Å². The Morgan fingerprint density at radius 2 is 2.08 bits per heavy atom. The van der Waals surface area contributed by atoms with E-state index in [0.29, 0.717) is 5.75 Å². The van der Waals surface area contributed by atoms with Crippen LogP contribution in [0.4, 0.5) is 10.7 Å². The van der Waals surface area contributed by atoms with E-state index < -0.39 is 0 Å². The van der Waals surface area contributed by atoms with Crippen molar-refractivity contribution in [2.45, 2.75) is 45.9 Å². The van der Waals surface area contributed by atoms with E-state index in [-0.39, 0.29) is 11.3 Å². The number of amides is 1. The molecule has 2 N–H and O–H groups in total. The quantitative estimate of drug-likeness (QED) is 0.685. The number of aliphatic imine (C=N–C) groups is 1. The van der Waals surface area contributed by atoms with E-state index in [9.17, 15) is 4.79 Å². The molecule has 1 unspecified atom stereocenters. The largest absolute Gasteiger partial charge is 0.335 e. The molecule has 6 heteroatoms. The van der Waals surface area contributed by atoms with Crippen LogP contribution < -0.4 is 10.6 Å². The lowest BCUT2D eigenvalue weighted by atomic mass is 10.1. The highest BCUT2D eigenvalue weighted by Gasteiger charge is 2.24. The highest BCUT2D eigenvalue weighted by atomic mass is 32.2. The molecule has 0 aliphatic carbocycles. The summed E-state index contributed by atoms with van der Waals surface area (Å²) < 4.78 is 0. The molecular formula is C20H25N3OS2. The predicted octanol–water partition coefficient (Wildman–Crippen LogP) is 5.53. The zero-order chi connectivity index (χ0) is 18.7. The molecule has 1 aromatic heterocycles. The van der Waals surface area contributed by atoms with Gasteiger partial charge < -0.3 is 10.6 Å². The van der Waals surface area contributed by atoms with E-state index in [0.717, 1.165) is 35.5 Å². The normalized spacial score (nSPS) is 15.8. The van der Waals surface area contributed by atoms with Gasteiger partial charge in [0.25, 0.3) is 0 Å². The molecule has 2 aromatic rings. The molecule has 0 radical (unpaired) electrons. The molecule has 1 amide bonds. The van der Waals surface area contributed by atoms with Crippen LogP contribution in [0.2, 0.25) is 0 Å². The van der Waals surface area contributed by atoms with Crippen molar-refractivity contribution in [1.82, 2.24) is 0 Å². The molecule has 1 atom stereocenters. The average molecular weight is 388 g/mol. The topological polar surface area (TPSA) is 53.5 Å². The van der Waals surface area contributed by atoms with Gasteiger partial charge >= 0.3 is 0 Å². The first-order valence-electron chi connectivity index (χ1n) is 8.95. The summed E-state index contributed by atoms with van der Waals surface area (Å²) in [6, 6.07) is 8.33. The molecule has 1 aliphatic heterocycles. The number of hydrogen-bond donors (Lipinski definition) is 2. The van der Waals surface area contributed by atoms with Crippen LogP contribution >= 0.6 is 23.1 Å². The van der Waals surface area contributed by atoms with Crippen molar-refractivity contribution in [3.63, 3.8) is 0 Å². The number of hydrogen-bond acceptors (Lipinski definition) is 5. The average Bonchev–Trinajstić information content (AvgIpc) is 3.06. The Bertz CT molecular complexity index is 842. The maximum Gasteiger partial charge on any atom is 0.234 e. The minimum atomic E-state index is -0.0119. The minimum Gasteiger partial charge on any atom is -0.335 e. The molecule has 4 nitrogen and oxygen atoms in total. The zero-order valence-electron chi connectivity index (χ0n) is 15.7. The SMILES string of the molecule is CCC1=NC(SCC(=O)Nc2cc(C)ccc2C)c2cc(CC)sc2N1. The number of thiophene rings is 1. The van der Waals surface area contributed by atoms with E-state index >= 15 is 0 Å². The van der Waals surface area contributed by atoms with Crippen LogP contribution in [-0.2, 0) is 11.2 Å². The van der Waals surface area contributed by atoms with Crippen molar-refractivity contribution >= 4 is 45.5 Å². The summed E-state index contributed by atoms with van der Waals surface area (Å²) in [4.78, 5) is 18.6. The number of nitrogens with one attached hydrogen (secondary N) is 2. The molecule has 0 spiro atoms. The van der Waals surface area contributed by atoms with E-state index in [1.165, 1.54) is 15.4 Å². The van der Waals surface area contributed by atoms with E-state index in [1.54, 1.807) is 23.1 Å². The van der Waals surface area contributed by atoms with E-state index in [4.69, 9.17) is 4.99 Å². The summed E-state index contributed by atoms with van der Waals surface area (Å²) in [6.07, 6.45) is 1.88. The second-order valence-electron chi connectivity index (χ2n) is 6.43. The highest BCUT2D eigenvalue weighted by molar-refractivity contribution is 8.00. The first-order valence-corrected chi connectivity index (χ1v) is 10.8. The van der Waals surface area contributed by atoms with Gasteiger partial charge in [-0.3, -0.25) is 9.79 Å². The van der Waals surface area contributed by atoms with Crippen molar-refractivity contribution in [3.8, 4) is 0 Å². The summed E-state index contributed by atoms with van der Waals surface area (Å²) in [5.74, 6) is 1.40. The number of benzene rings is 1. The Labute approximate surface area is 163 Å². The number of carbonyl (C=O) groups excluding carboxylic acids is 1. The van der Waals surface area contributed by atoms with Gasteiger partial charge in [-0.15, -0.1) is 23.1 Å². The van der Waals surface area contributed by atoms with Crippen molar-refractivity contribution in [2.75, 3.05) is 16.4 Å². The lowest BCUT2D eigenvalue weighted by Crippen LogP contribution is -2.19. The first kappa shape index (κ1) is 19.0. The fourth-order valence-corrected chi connectivity index (χ4v) is 4.88. The molecule has 0 bridgehead atoms. The maximum absolute atomic E-state index is 12.4. The Hall–Kier alpha value is -1.79. The van der Waals surface area contributed by atoms with Crippen LogP contribution in [0.25, 0.3) is 0 Å². The molecule has 26 heavy (non-hydrogen) atoms. The van der Waals surface area contributed by atoms with Crippen LogP contribution in [0, 0.1) is 13.8 Å². The van der Waals surface area contributed by atoms with Gasteiger partial charge in [-0.1, -0.05) is 26.0 Å². The monoisotopic (exact) mass is 387 g/mol. The number of carbonyl (C=O) groups is 1. The second kappa shape index (κ2) is 8.27. The Balaban J connectivity index is 1.68. The number of fused-ring (bicyclic) bond motifs is 1. The maximum atomic E-state index is 12.4. The third-order valence-electron chi connectivity index (χ3n) is 4.33. The molecule has 138 valence electrons. The zero-order valence-corrected chi connectivity index (χ0v) is 17.3. The number of nitrogens with zero attached hydrogens (tertiary/aromatic N) is 1. The third-order valence-corrected chi connectivity index (χ3v) is 6.65. The van der Waals surface area contributed by atoms with Gasteiger partial charge in [-0.05, 0) is 43.5 Å². The van der Waals surface area contributed by atoms with Crippen molar-refractivity contribution < 1.29 is 4.79 Å². The van der Waals surface area contributed by atoms with Gasteiger partial charge in [-0.2, -0.15) is 0 Å². The molecule has 1 aromatic carbocycles. The van der Waals surface area contributed by atoms with E-state index in [2.05, 4.69) is 36.6 Å². The third kappa shape index (κ3) is 4.30. The Morgan fingerprint density at radius 3 is 2.81 bits per heavy atom. The van der Waals surface area contributed by atoms with Gasteiger partial charge in [0.05, 0.1) is 5.75 Å². The molecular weight excluding hydrogens is 362 g/mol. The highest BCUT2D eigenvalue weighted by Crippen LogP contribution is 2.43. The number of anilines is 2. The molecule has 3 rings (SSSR count). The van der Waals surface area contributed by atoms with Crippen molar-refractivity contribution in [3.05, 3.63) is 45.8 Å². The summed E-state index contributed by atoms with van der Waals surface area (Å²) >= 11 is 3.38. The van der Waals surface area contributed by atoms with Crippen molar-refractivity contribution in [1.29, 1.82) is 0 Å². The Kier molecular flexibility index (Phi) is 6.04.